The van der Waals surface area contributed by atoms with Gasteiger partial charge >= 0.3 is 0 Å². The highest BCUT2D eigenvalue weighted by Gasteiger charge is 2.29. The summed E-state index contributed by atoms with van der Waals surface area (Å²) < 4.78 is 10.5. The van der Waals surface area contributed by atoms with Gasteiger partial charge < -0.3 is 20.1 Å². The summed E-state index contributed by atoms with van der Waals surface area (Å²) in [5, 5.41) is 0. The molecule has 5 nitrogen and oxygen atoms in total. The average Bonchev–Trinajstić information content (AvgIpc) is 3.05. The minimum Gasteiger partial charge on any atom is -0.454 e. The largest absolute Gasteiger partial charge is 0.454 e. The number of nitrogens with zero attached hydrogens (tertiary/aromatic N) is 1. The van der Waals surface area contributed by atoms with Gasteiger partial charge in [-0.2, -0.15) is 0 Å². The Bertz CT molecular complexity index is 475. The topological polar surface area (TPSA) is 64.8 Å². The summed E-state index contributed by atoms with van der Waals surface area (Å²) in [5.41, 5.74) is 6.33. The number of carbonyl (C=O) groups excluding carboxylic acids is 1. The van der Waals surface area contributed by atoms with Gasteiger partial charge in [0.2, 0.25) is 6.79 Å². The maximum Gasteiger partial charge on any atom is 0.254 e. The van der Waals surface area contributed by atoms with E-state index < -0.39 is 0 Å². The molecule has 3 rings (SSSR count). The van der Waals surface area contributed by atoms with Crippen molar-refractivity contribution < 1.29 is 14.3 Å². The van der Waals surface area contributed by atoms with Crippen molar-refractivity contribution in [3.8, 4) is 11.5 Å². The van der Waals surface area contributed by atoms with Crippen LogP contribution in [0.1, 0.15) is 23.2 Å². The fourth-order valence-corrected chi connectivity index (χ4v) is 2.54. The molecule has 96 valence electrons. The van der Waals surface area contributed by atoms with Crippen LogP contribution in [0.4, 0.5) is 0 Å². The third-order valence-electron chi connectivity index (χ3n) is 3.53. The SMILES string of the molecule is NCC1CCCN1C(=O)c1ccc2c(c1)OCO2. The van der Waals surface area contributed by atoms with Crippen LogP contribution in [-0.4, -0.2) is 36.7 Å². The van der Waals surface area contributed by atoms with Crippen molar-refractivity contribution in [1.82, 2.24) is 4.90 Å². The van der Waals surface area contributed by atoms with Crippen LogP contribution in [-0.2, 0) is 0 Å². The van der Waals surface area contributed by atoms with E-state index in [0.717, 1.165) is 19.4 Å². The number of fused-ring (bicyclic) bond motifs is 1. The molecule has 2 N–H and O–H groups in total. The first-order chi connectivity index (χ1) is 8.79. The summed E-state index contributed by atoms with van der Waals surface area (Å²) >= 11 is 0. The van der Waals surface area contributed by atoms with Gasteiger partial charge in [0.15, 0.2) is 11.5 Å². The minimum atomic E-state index is 0.0289. The number of benzene rings is 1. The Balaban J connectivity index is 1.84. The molecule has 1 aromatic carbocycles. The van der Waals surface area contributed by atoms with E-state index >= 15 is 0 Å². The van der Waals surface area contributed by atoms with Crippen molar-refractivity contribution in [2.75, 3.05) is 19.9 Å². The van der Waals surface area contributed by atoms with Gasteiger partial charge in [-0.1, -0.05) is 0 Å². The predicted molar refractivity (Wildman–Crippen MR) is 65.7 cm³/mol. The lowest BCUT2D eigenvalue weighted by Crippen LogP contribution is -2.39. The van der Waals surface area contributed by atoms with Crippen molar-refractivity contribution in [1.29, 1.82) is 0 Å². The second-order valence-electron chi connectivity index (χ2n) is 4.60. The minimum absolute atomic E-state index is 0.0289. The fourth-order valence-electron chi connectivity index (χ4n) is 2.54. The molecular formula is C13H16N2O3. The maximum atomic E-state index is 12.4. The van der Waals surface area contributed by atoms with Gasteiger partial charge in [-0.05, 0) is 31.0 Å². The van der Waals surface area contributed by atoms with E-state index in [4.69, 9.17) is 15.2 Å². The quantitative estimate of drug-likeness (QED) is 0.847. The summed E-state index contributed by atoms with van der Waals surface area (Å²) in [6.07, 6.45) is 2.02. The van der Waals surface area contributed by atoms with E-state index in [0.29, 0.717) is 23.6 Å². The molecule has 1 saturated heterocycles. The average molecular weight is 248 g/mol. The van der Waals surface area contributed by atoms with Gasteiger partial charge in [-0.3, -0.25) is 4.79 Å². The van der Waals surface area contributed by atoms with Crippen LogP contribution < -0.4 is 15.2 Å². The number of rotatable bonds is 2. The van der Waals surface area contributed by atoms with Crippen molar-refractivity contribution in [3.05, 3.63) is 23.8 Å². The predicted octanol–water partition coefficient (Wildman–Crippen LogP) is 0.979. The number of nitrogens with two attached hydrogens (primary N) is 1. The van der Waals surface area contributed by atoms with Crippen LogP contribution in [0, 0.1) is 0 Å². The number of carbonyl (C=O) groups is 1. The first-order valence-corrected chi connectivity index (χ1v) is 6.20. The fraction of sp³-hybridized carbons (Fsp3) is 0.462. The molecule has 0 saturated carbocycles. The third-order valence-corrected chi connectivity index (χ3v) is 3.53. The molecule has 0 aliphatic carbocycles. The summed E-state index contributed by atoms with van der Waals surface area (Å²) in [4.78, 5) is 14.2. The van der Waals surface area contributed by atoms with Gasteiger partial charge in [0.05, 0.1) is 0 Å². The van der Waals surface area contributed by atoms with Crippen molar-refractivity contribution in [3.63, 3.8) is 0 Å². The van der Waals surface area contributed by atoms with E-state index in [2.05, 4.69) is 0 Å². The van der Waals surface area contributed by atoms with Crippen molar-refractivity contribution in [2.45, 2.75) is 18.9 Å². The van der Waals surface area contributed by atoms with Crippen LogP contribution >= 0.6 is 0 Å². The maximum absolute atomic E-state index is 12.4. The van der Waals surface area contributed by atoms with Crippen LogP contribution in [0.5, 0.6) is 11.5 Å². The molecule has 1 aromatic rings. The molecule has 5 heteroatoms. The summed E-state index contributed by atoms with van der Waals surface area (Å²) in [6.45, 7) is 1.54. The van der Waals surface area contributed by atoms with E-state index in [1.165, 1.54) is 0 Å². The molecule has 1 unspecified atom stereocenters. The lowest BCUT2D eigenvalue weighted by Gasteiger charge is -2.23. The number of likely N-dealkylation sites (tertiary alicyclic amines) is 1. The number of hydrogen-bond donors (Lipinski definition) is 1. The van der Waals surface area contributed by atoms with Gasteiger partial charge in [-0.15, -0.1) is 0 Å². The lowest BCUT2D eigenvalue weighted by atomic mass is 10.1. The zero-order chi connectivity index (χ0) is 12.5. The number of ether oxygens (including phenoxy) is 2. The molecule has 1 fully saturated rings. The molecule has 2 heterocycles. The Kier molecular flexibility index (Phi) is 2.83. The van der Waals surface area contributed by atoms with Crippen LogP contribution in [0.25, 0.3) is 0 Å². The highest BCUT2D eigenvalue weighted by Crippen LogP contribution is 2.33. The Hall–Kier alpha value is -1.75. The second kappa shape index (κ2) is 4.49. The molecule has 2 aliphatic rings. The van der Waals surface area contributed by atoms with Crippen molar-refractivity contribution >= 4 is 5.91 Å². The lowest BCUT2D eigenvalue weighted by molar-refractivity contribution is 0.0741. The summed E-state index contributed by atoms with van der Waals surface area (Å²) in [5.74, 6) is 1.37. The Morgan fingerprint density at radius 1 is 1.39 bits per heavy atom. The first kappa shape index (κ1) is 11.3. The highest BCUT2D eigenvalue weighted by molar-refractivity contribution is 5.95. The molecule has 18 heavy (non-hydrogen) atoms. The Labute approximate surface area is 105 Å². The molecular weight excluding hydrogens is 232 g/mol. The highest BCUT2D eigenvalue weighted by atomic mass is 16.7. The van der Waals surface area contributed by atoms with Gasteiger partial charge in [0.1, 0.15) is 0 Å². The third kappa shape index (κ3) is 1.80. The molecule has 1 amide bonds. The molecule has 0 bridgehead atoms. The van der Waals surface area contributed by atoms with Crippen LogP contribution in [0.2, 0.25) is 0 Å². The van der Waals surface area contributed by atoms with Gasteiger partial charge in [-0.25, -0.2) is 0 Å². The standard InChI is InChI=1S/C13H16N2O3/c14-7-10-2-1-5-15(10)13(16)9-3-4-11-12(6-9)18-8-17-11/h3-4,6,10H,1-2,5,7-8,14H2. The molecule has 0 aromatic heterocycles. The van der Waals surface area contributed by atoms with Crippen molar-refractivity contribution in [2.24, 2.45) is 5.73 Å². The molecule has 2 aliphatic heterocycles. The van der Waals surface area contributed by atoms with E-state index in [9.17, 15) is 4.79 Å². The number of hydrogen-bond acceptors (Lipinski definition) is 4. The molecule has 1 atom stereocenters. The molecule has 0 radical (unpaired) electrons. The Morgan fingerprint density at radius 3 is 3.06 bits per heavy atom. The van der Waals surface area contributed by atoms with Gasteiger partial charge in [0.25, 0.3) is 5.91 Å². The second-order valence-corrected chi connectivity index (χ2v) is 4.60. The summed E-state index contributed by atoms with van der Waals surface area (Å²) in [7, 11) is 0. The number of amides is 1. The monoisotopic (exact) mass is 248 g/mol. The Morgan fingerprint density at radius 2 is 2.22 bits per heavy atom. The van der Waals surface area contributed by atoms with Gasteiger partial charge in [0, 0.05) is 24.7 Å². The normalized spacial score (nSPS) is 21.4. The summed E-state index contributed by atoms with van der Waals surface area (Å²) in [6, 6.07) is 5.48. The van der Waals surface area contributed by atoms with E-state index in [-0.39, 0.29) is 18.7 Å². The van der Waals surface area contributed by atoms with Crippen LogP contribution in [0.15, 0.2) is 18.2 Å². The van der Waals surface area contributed by atoms with E-state index in [1.54, 1.807) is 18.2 Å². The van der Waals surface area contributed by atoms with Crippen LogP contribution in [0.3, 0.4) is 0 Å². The zero-order valence-electron chi connectivity index (χ0n) is 10.1. The smallest absolute Gasteiger partial charge is 0.254 e. The zero-order valence-corrected chi connectivity index (χ0v) is 10.1. The molecule has 0 spiro atoms. The van der Waals surface area contributed by atoms with E-state index in [1.807, 2.05) is 4.90 Å². The first-order valence-electron chi connectivity index (χ1n) is 6.20.